The van der Waals surface area contributed by atoms with Gasteiger partial charge < -0.3 is 13.5 Å². The Morgan fingerprint density at radius 2 is 0.784 bits per heavy atom. The second kappa shape index (κ2) is 9.03. The zero-order valence-corrected chi connectivity index (χ0v) is 27.4. The number of nitrogens with zero attached hydrogens (tertiary/aromatic N) is 3. The minimum atomic E-state index is 1.18. The van der Waals surface area contributed by atoms with Crippen molar-refractivity contribution in [2.75, 3.05) is 0 Å². The van der Waals surface area contributed by atoms with E-state index in [-0.39, 0.29) is 0 Å². The topological polar surface area (TPSA) is 14.3 Å². The van der Waals surface area contributed by atoms with E-state index in [1.54, 1.807) is 0 Å². The average Bonchev–Trinajstić information content (AvgIpc) is 3.91. The van der Waals surface area contributed by atoms with Gasteiger partial charge >= 0.3 is 0 Å². The predicted octanol–water partition coefficient (Wildman–Crippen LogP) is 12.8. The van der Waals surface area contributed by atoms with Crippen LogP contribution < -0.4 is 0 Å². The van der Waals surface area contributed by atoms with Crippen molar-refractivity contribution >= 4 is 103 Å². The molecule has 51 heavy (non-hydrogen) atoms. The van der Waals surface area contributed by atoms with Crippen molar-refractivity contribution in [2.24, 2.45) is 0 Å². The molecule has 0 atom stereocenters. The van der Waals surface area contributed by atoms with Crippen LogP contribution in [-0.2, 0) is 0 Å². The summed E-state index contributed by atoms with van der Waals surface area (Å²) in [7, 11) is 0. The van der Waals surface area contributed by atoms with Crippen LogP contribution >= 0.6 is 0 Å². The normalized spacial score (nSPS) is 12.7. The number of benzene rings is 9. The Labute approximate surface area is 291 Å². The molecule has 9 aromatic carbocycles. The summed E-state index contributed by atoms with van der Waals surface area (Å²) in [5.41, 5.74) is 11.1. The predicted molar refractivity (Wildman–Crippen MR) is 216 cm³/mol. The van der Waals surface area contributed by atoms with E-state index in [1.807, 2.05) is 0 Å². The molecule has 0 radical (unpaired) electrons. The molecule has 0 aliphatic rings. The van der Waals surface area contributed by atoms with Gasteiger partial charge in [0.2, 0.25) is 0 Å². The maximum atomic E-state index is 2.52. The largest absolute Gasteiger partial charge is 0.309 e. The summed E-state index contributed by atoms with van der Waals surface area (Å²) in [6, 6.07) is 60.8. The molecule has 234 valence electrons. The maximum Gasteiger partial charge on any atom is 0.0627 e. The molecule has 0 saturated carbocycles. The Morgan fingerprint density at radius 3 is 1.49 bits per heavy atom. The van der Waals surface area contributed by atoms with Crippen molar-refractivity contribution in [3.63, 3.8) is 0 Å². The smallest absolute Gasteiger partial charge is 0.0627 e. The summed E-state index contributed by atoms with van der Waals surface area (Å²) in [5, 5.41) is 15.7. The zero-order valence-electron chi connectivity index (χ0n) is 27.4. The highest BCUT2D eigenvalue weighted by molar-refractivity contribution is 6.38. The van der Waals surface area contributed by atoms with Gasteiger partial charge in [-0.15, -0.1) is 0 Å². The quantitative estimate of drug-likeness (QED) is 0.166. The molecule has 4 aromatic heterocycles. The van der Waals surface area contributed by atoms with Gasteiger partial charge in [-0.3, -0.25) is 0 Å². The van der Waals surface area contributed by atoms with E-state index in [4.69, 9.17) is 0 Å². The summed E-state index contributed by atoms with van der Waals surface area (Å²) >= 11 is 0. The van der Waals surface area contributed by atoms with E-state index in [0.717, 1.165) is 0 Å². The van der Waals surface area contributed by atoms with Crippen molar-refractivity contribution in [1.82, 2.24) is 13.5 Å². The van der Waals surface area contributed by atoms with Gasteiger partial charge in [-0.1, -0.05) is 103 Å². The number of aromatic nitrogens is 3. The molecule has 3 heteroatoms. The van der Waals surface area contributed by atoms with Crippen molar-refractivity contribution in [1.29, 1.82) is 0 Å². The molecular weight excluding hydrogens is 619 g/mol. The van der Waals surface area contributed by atoms with Crippen LogP contribution in [0, 0.1) is 0 Å². The van der Waals surface area contributed by atoms with E-state index in [0.29, 0.717) is 0 Å². The number of fused-ring (bicyclic) bond motifs is 13. The van der Waals surface area contributed by atoms with Crippen LogP contribution in [0.1, 0.15) is 0 Å². The highest BCUT2D eigenvalue weighted by atomic mass is 15.0. The molecule has 0 unspecified atom stereocenters. The fourth-order valence-electron chi connectivity index (χ4n) is 9.69. The van der Waals surface area contributed by atoms with Crippen molar-refractivity contribution in [3.05, 3.63) is 164 Å². The number of hydrogen-bond acceptors (Lipinski definition) is 0. The Balaban J connectivity index is 1.15. The molecule has 0 saturated heterocycles. The van der Waals surface area contributed by atoms with E-state index >= 15 is 0 Å². The third kappa shape index (κ3) is 3.08. The van der Waals surface area contributed by atoms with Gasteiger partial charge in [0.15, 0.2) is 0 Å². The minimum Gasteiger partial charge on any atom is -0.309 e. The maximum absolute atomic E-state index is 2.52. The Morgan fingerprint density at radius 1 is 0.255 bits per heavy atom. The minimum absolute atomic E-state index is 1.18. The summed E-state index contributed by atoms with van der Waals surface area (Å²) in [6.45, 7) is 0. The molecule has 0 aliphatic carbocycles. The first kappa shape index (κ1) is 26.1. The van der Waals surface area contributed by atoms with E-state index in [9.17, 15) is 0 Å². The monoisotopic (exact) mass is 645 g/mol. The van der Waals surface area contributed by atoms with Gasteiger partial charge in [-0.2, -0.15) is 0 Å². The Bertz CT molecular complexity index is 3580. The number of rotatable bonds is 2. The second-order valence-corrected chi connectivity index (χ2v) is 14.1. The molecule has 0 N–H and O–H groups in total. The highest BCUT2D eigenvalue weighted by Gasteiger charge is 2.24. The lowest BCUT2D eigenvalue weighted by Gasteiger charge is -2.11. The molecule has 0 aliphatic heterocycles. The molecule has 4 heterocycles. The van der Waals surface area contributed by atoms with E-state index in [1.165, 1.54) is 115 Å². The highest BCUT2D eigenvalue weighted by Crippen LogP contribution is 2.47. The summed E-state index contributed by atoms with van der Waals surface area (Å²) < 4.78 is 7.41. The van der Waals surface area contributed by atoms with Gasteiger partial charge in [-0.25, -0.2) is 0 Å². The molecule has 13 aromatic rings. The van der Waals surface area contributed by atoms with Gasteiger partial charge in [0, 0.05) is 54.5 Å². The van der Waals surface area contributed by atoms with Crippen LogP contribution in [-0.4, -0.2) is 13.5 Å². The van der Waals surface area contributed by atoms with Crippen LogP contribution in [0.5, 0.6) is 0 Å². The first-order valence-corrected chi connectivity index (χ1v) is 17.7. The molecule has 3 nitrogen and oxygen atoms in total. The molecule has 0 amide bonds. The van der Waals surface area contributed by atoms with Gasteiger partial charge in [0.1, 0.15) is 0 Å². The zero-order chi connectivity index (χ0) is 32.9. The summed E-state index contributed by atoms with van der Waals surface area (Å²) in [5.74, 6) is 0. The molecular formula is C48H27N3. The van der Waals surface area contributed by atoms with Gasteiger partial charge in [-0.05, 0) is 82.2 Å². The van der Waals surface area contributed by atoms with E-state index < -0.39 is 0 Å². The van der Waals surface area contributed by atoms with E-state index in [2.05, 4.69) is 177 Å². The summed E-state index contributed by atoms with van der Waals surface area (Å²) in [4.78, 5) is 0. The van der Waals surface area contributed by atoms with Crippen molar-refractivity contribution in [2.45, 2.75) is 0 Å². The summed E-state index contributed by atoms with van der Waals surface area (Å²) in [6.07, 6.45) is 0. The third-order valence-electron chi connectivity index (χ3n) is 11.7. The first-order valence-electron chi connectivity index (χ1n) is 17.7. The lowest BCUT2D eigenvalue weighted by molar-refractivity contribution is 1.18. The van der Waals surface area contributed by atoms with Crippen molar-refractivity contribution < 1.29 is 0 Å². The first-order chi connectivity index (χ1) is 25.3. The van der Waals surface area contributed by atoms with Crippen molar-refractivity contribution in [3.8, 4) is 11.4 Å². The SMILES string of the molecule is c1ccc(-n2c3ccccc3c3cc4c(cc32)c2ccccc2n4-c2ccc3c(c2)c2ccc4c5ccccc5c5cccc6c5c4c2n36)cc1. The average molecular weight is 646 g/mol. The lowest BCUT2D eigenvalue weighted by Crippen LogP contribution is -1.95. The molecule has 0 bridgehead atoms. The molecule has 0 fully saturated rings. The van der Waals surface area contributed by atoms with Gasteiger partial charge in [0.25, 0.3) is 0 Å². The van der Waals surface area contributed by atoms with Crippen LogP contribution in [0.2, 0.25) is 0 Å². The second-order valence-electron chi connectivity index (χ2n) is 14.1. The van der Waals surface area contributed by atoms with Gasteiger partial charge in [0.05, 0.1) is 38.6 Å². The lowest BCUT2D eigenvalue weighted by atomic mass is 9.93. The van der Waals surface area contributed by atoms with Crippen LogP contribution in [0.25, 0.3) is 115 Å². The number of para-hydroxylation sites is 3. The Kier molecular flexibility index (Phi) is 4.62. The van der Waals surface area contributed by atoms with Crippen LogP contribution in [0.15, 0.2) is 164 Å². The third-order valence-corrected chi connectivity index (χ3v) is 11.7. The molecule has 0 spiro atoms. The molecule has 13 rings (SSSR count). The Hall–Kier alpha value is -6.84. The fourth-order valence-corrected chi connectivity index (χ4v) is 9.69. The fraction of sp³-hybridized carbons (Fsp3) is 0. The number of hydrogen-bond donors (Lipinski definition) is 0. The van der Waals surface area contributed by atoms with Crippen LogP contribution in [0.4, 0.5) is 0 Å². The van der Waals surface area contributed by atoms with Crippen LogP contribution in [0.3, 0.4) is 0 Å². The standard InChI is InChI=1S/C48H27N3/c1-2-11-28(12-3-1)49-40-18-8-6-15-32(40)38-27-45-39(26-44(38)49)33-16-7-9-19-41(33)50(45)29-21-24-42-37(25-29)36-23-22-35-31-14-5-4-13-30(31)34-17-10-20-43-46(34)47(35)48(36)51(42)43/h1-27H.